The van der Waals surface area contributed by atoms with Gasteiger partial charge in [-0.2, -0.15) is 0 Å². The van der Waals surface area contributed by atoms with Crippen LogP contribution in [0.4, 0.5) is 5.69 Å². The fourth-order valence-electron chi connectivity index (χ4n) is 2.31. The normalized spacial score (nSPS) is 12.5. The molecule has 0 spiro atoms. The predicted octanol–water partition coefficient (Wildman–Crippen LogP) is 1.83. The number of ether oxygens (including phenoxy) is 3. The highest BCUT2D eigenvalue weighted by molar-refractivity contribution is 7.92. The predicted molar refractivity (Wildman–Crippen MR) is 92.1 cm³/mol. The fraction of sp³-hybridized carbons (Fsp3) is 0.176. The van der Waals surface area contributed by atoms with Crippen LogP contribution in [0, 0.1) is 0 Å². The molecule has 9 heteroatoms. The van der Waals surface area contributed by atoms with Crippen LogP contribution in [-0.2, 0) is 14.8 Å². The minimum absolute atomic E-state index is 0.0106. The number of fused-ring (bicyclic) bond motifs is 1. The molecule has 8 nitrogen and oxygen atoms in total. The van der Waals surface area contributed by atoms with E-state index in [1.54, 1.807) is 24.3 Å². The van der Waals surface area contributed by atoms with Gasteiger partial charge in [-0.05, 0) is 30.3 Å². The van der Waals surface area contributed by atoms with Gasteiger partial charge in [0.1, 0.15) is 0 Å². The van der Waals surface area contributed by atoms with Crippen molar-refractivity contribution in [1.82, 2.24) is 0 Å². The summed E-state index contributed by atoms with van der Waals surface area (Å²) in [5, 5.41) is 0. The molecule has 1 aliphatic rings. The van der Waals surface area contributed by atoms with Crippen molar-refractivity contribution in [2.75, 3.05) is 24.4 Å². The third-order valence-electron chi connectivity index (χ3n) is 3.47. The second kappa shape index (κ2) is 7.04. The van der Waals surface area contributed by atoms with Crippen LogP contribution in [0.2, 0.25) is 0 Å². The van der Waals surface area contributed by atoms with Crippen molar-refractivity contribution in [3.05, 3.63) is 53.6 Å². The fourth-order valence-corrected chi connectivity index (χ4v) is 2.89. The molecule has 0 radical (unpaired) electrons. The van der Waals surface area contributed by atoms with Crippen molar-refractivity contribution in [3.63, 3.8) is 0 Å². The van der Waals surface area contributed by atoms with Gasteiger partial charge in [-0.3, -0.25) is 9.52 Å². The number of anilines is 1. The Kier molecular flexibility index (Phi) is 4.81. The van der Waals surface area contributed by atoms with Crippen LogP contribution in [0.15, 0.2) is 42.5 Å². The zero-order valence-corrected chi connectivity index (χ0v) is 14.5. The third kappa shape index (κ3) is 4.12. The first-order valence-electron chi connectivity index (χ1n) is 7.50. The van der Waals surface area contributed by atoms with Crippen LogP contribution in [0.3, 0.4) is 0 Å². The van der Waals surface area contributed by atoms with E-state index in [0.29, 0.717) is 17.1 Å². The molecule has 2 aromatic carbocycles. The van der Waals surface area contributed by atoms with E-state index in [-0.39, 0.29) is 18.0 Å². The van der Waals surface area contributed by atoms with Crippen molar-refractivity contribution < 1.29 is 32.2 Å². The number of hydrogen-bond acceptors (Lipinski definition) is 7. The molecule has 1 aliphatic heterocycles. The third-order valence-corrected chi connectivity index (χ3v) is 4.06. The Labute approximate surface area is 149 Å². The van der Waals surface area contributed by atoms with E-state index in [9.17, 15) is 18.0 Å². The molecule has 1 heterocycles. The van der Waals surface area contributed by atoms with Crippen LogP contribution in [0.25, 0.3) is 0 Å². The molecule has 0 saturated heterocycles. The van der Waals surface area contributed by atoms with E-state index < -0.39 is 28.4 Å². The van der Waals surface area contributed by atoms with Gasteiger partial charge in [0.2, 0.25) is 16.8 Å². The van der Waals surface area contributed by atoms with Gasteiger partial charge in [-0.25, -0.2) is 13.2 Å². The van der Waals surface area contributed by atoms with Crippen LogP contribution in [0.1, 0.15) is 20.7 Å². The van der Waals surface area contributed by atoms with Gasteiger partial charge in [-0.1, -0.05) is 12.1 Å². The van der Waals surface area contributed by atoms with Gasteiger partial charge in [0.15, 0.2) is 23.9 Å². The Hall–Kier alpha value is -3.07. The molecule has 136 valence electrons. The lowest BCUT2D eigenvalue weighted by molar-refractivity contribution is 0.0476. The second-order valence-electron chi connectivity index (χ2n) is 5.49. The van der Waals surface area contributed by atoms with Crippen LogP contribution in [0.5, 0.6) is 11.5 Å². The summed E-state index contributed by atoms with van der Waals surface area (Å²) < 4.78 is 40.4. The Bertz CT molecular complexity index is 969. The second-order valence-corrected chi connectivity index (χ2v) is 7.24. The molecular formula is C17H15NO7S. The number of carbonyl (C=O) groups excluding carboxylic acids is 2. The Morgan fingerprint density at radius 2 is 1.85 bits per heavy atom. The van der Waals surface area contributed by atoms with E-state index in [0.717, 1.165) is 6.26 Å². The summed E-state index contributed by atoms with van der Waals surface area (Å²) in [5.74, 6) is -0.250. The monoisotopic (exact) mass is 377 g/mol. The molecule has 0 atom stereocenters. The molecule has 0 aromatic heterocycles. The number of para-hydroxylation sites is 1. The highest BCUT2D eigenvalue weighted by Gasteiger charge is 2.19. The van der Waals surface area contributed by atoms with Crippen LogP contribution in [-0.4, -0.2) is 39.8 Å². The van der Waals surface area contributed by atoms with Crippen molar-refractivity contribution in [2.45, 2.75) is 0 Å². The average molecular weight is 377 g/mol. The maximum Gasteiger partial charge on any atom is 0.340 e. The Morgan fingerprint density at radius 3 is 2.62 bits per heavy atom. The molecular weight excluding hydrogens is 362 g/mol. The topological polar surface area (TPSA) is 108 Å². The summed E-state index contributed by atoms with van der Waals surface area (Å²) in [6, 6.07) is 10.6. The molecule has 0 fully saturated rings. The van der Waals surface area contributed by atoms with Gasteiger partial charge in [-0.15, -0.1) is 0 Å². The SMILES string of the molecule is CS(=O)(=O)Nc1ccccc1C(=O)OCC(=O)c1ccc2c(c1)OCO2. The van der Waals surface area contributed by atoms with E-state index in [4.69, 9.17) is 14.2 Å². The summed E-state index contributed by atoms with van der Waals surface area (Å²) in [6.45, 7) is -0.405. The molecule has 3 rings (SSSR count). The maximum absolute atomic E-state index is 12.2. The zero-order chi connectivity index (χ0) is 18.7. The van der Waals surface area contributed by atoms with Gasteiger partial charge >= 0.3 is 5.97 Å². The Balaban J connectivity index is 1.68. The summed E-state index contributed by atoms with van der Waals surface area (Å²) in [4.78, 5) is 24.4. The minimum Gasteiger partial charge on any atom is -0.454 e. The van der Waals surface area contributed by atoms with Gasteiger partial charge < -0.3 is 14.2 Å². The number of nitrogens with one attached hydrogen (secondary N) is 1. The molecule has 26 heavy (non-hydrogen) atoms. The minimum atomic E-state index is -3.56. The average Bonchev–Trinajstić information content (AvgIpc) is 3.06. The summed E-state index contributed by atoms with van der Waals surface area (Å²) >= 11 is 0. The van der Waals surface area contributed by atoms with Crippen molar-refractivity contribution in [3.8, 4) is 11.5 Å². The van der Waals surface area contributed by atoms with Crippen molar-refractivity contribution >= 4 is 27.5 Å². The number of carbonyl (C=O) groups is 2. The number of Topliss-reactive ketones (excluding diaryl/α,β-unsaturated/α-hetero) is 1. The number of hydrogen-bond donors (Lipinski definition) is 1. The molecule has 0 aliphatic carbocycles. The van der Waals surface area contributed by atoms with E-state index in [1.165, 1.54) is 18.2 Å². The standard InChI is InChI=1S/C17H15NO7S/c1-26(21,22)18-13-5-3-2-4-12(13)17(20)23-9-14(19)11-6-7-15-16(8-11)25-10-24-15/h2-8,18H,9-10H2,1H3. The number of rotatable bonds is 6. The first-order chi connectivity index (χ1) is 12.3. The van der Waals surface area contributed by atoms with E-state index in [1.807, 2.05) is 0 Å². The molecule has 1 N–H and O–H groups in total. The molecule has 0 amide bonds. The Morgan fingerprint density at radius 1 is 1.12 bits per heavy atom. The van der Waals surface area contributed by atoms with Crippen LogP contribution < -0.4 is 14.2 Å². The highest BCUT2D eigenvalue weighted by atomic mass is 32.2. The molecule has 0 saturated carbocycles. The molecule has 2 aromatic rings. The van der Waals surface area contributed by atoms with Crippen molar-refractivity contribution in [2.24, 2.45) is 0 Å². The number of ketones is 1. The first-order valence-corrected chi connectivity index (χ1v) is 9.39. The number of sulfonamides is 1. The summed E-state index contributed by atoms with van der Waals surface area (Å²) in [7, 11) is -3.56. The van der Waals surface area contributed by atoms with Crippen LogP contribution >= 0.6 is 0 Å². The summed E-state index contributed by atoms with van der Waals surface area (Å²) in [5.41, 5.74) is 0.400. The molecule has 0 unspecified atom stereocenters. The smallest absolute Gasteiger partial charge is 0.340 e. The first kappa shape index (κ1) is 17.7. The van der Waals surface area contributed by atoms with Gasteiger partial charge in [0, 0.05) is 5.56 Å². The van der Waals surface area contributed by atoms with Crippen molar-refractivity contribution in [1.29, 1.82) is 0 Å². The lowest BCUT2D eigenvalue weighted by atomic mass is 10.1. The summed E-state index contributed by atoms with van der Waals surface area (Å²) in [6.07, 6.45) is 0.971. The number of benzene rings is 2. The van der Waals surface area contributed by atoms with Gasteiger partial charge in [0.25, 0.3) is 0 Å². The zero-order valence-electron chi connectivity index (χ0n) is 13.7. The lowest BCUT2D eigenvalue weighted by Gasteiger charge is -2.10. The van der Waals surface area contributed by atoms with Gasteiger partial charge in [0.05, 0.1) is 17.5 Å². The van der Waals surface area contributed by atoms with E-state index >= 15 is 0 Å². The quantitative estimate of drug-likeness (QED) is 0.604. The number of esters is 1. The lowest BCUT2D eigenvalue weighted by Crippen LogP contribution is -2.17. The largest absolute Gasteiger partial charge is 0.454 e. The van der Waals surface area contributed by atoms with E-state index in [2.05, 4.69) is 4.72 Å². The maximum atomic E-state index is 12.2. The molecule has 0 bridgehead atoms. The highest BCUT2D eigenvalue weighted by Crippen LogP contribution is 2.32.